The number of rotatable bonds is 8. The van der Waals surface area contributed by atoms with E-state index in [4.69, 9.17) is 9.84 Å². The molecular formula is C18H24N2O4. The van der Waals surface area contributed by atoms with E-state index in [0.717, 1.165) is 22.2 Å². The monoisotopic (exact) mass is 332 g/mol. The molecule has 0 aliphatic rings. The van der Waals surface area contributed by atoms with Gasteiger partial charge >= 0.3 is 5.97 Å². The van der Waals surface area contributed by atoms with E-state index in [1.165, 1.54) is 0 Å². The van der Waals surface area contributed by atoms with Crippen LogP contribution in [-0.4, -0.2) is 34.6 Å². The van der Waals surface area contributed by atoms with Crippen LogP contribution >= 0.6 is 0 Å². The van der Waals surface area contributed by atoms with Gasteiger partial charge in [0.1, 0.15) is 5.75 Å². The fourth-order valence-electron chi connectivity index (χ4n) is 2.95. The van der Waals surface area contributed by atoms with Crippen LogP contribution in [0.15, 0.2) is 24.4 Å². The van der Waals surface area contributed by atoms with Crippen molar-refractivity contribution in [3.63, 3.8) is 0 Å². The van der Waals surface area contributed by atoms with Crippen molar-refractivity contribution in [2.45, 2.75) is 45.1 Å². The second-order valence-electron chi connectivity index (χ2n) is 6.01. The van der Waals surface area contributed by atoms with Gasteiger partial charge in [-0.25, -0.2) is 0 Å². The Morgan fingerprint density at radius 1 is 1.29 bits per heavy atom. The number of ether oxygens (including phenoxy) is 1. The lowest BCUT2D eigenvalue weighted by Crippen LogP contribution is -2.49. The smallest absolute Gasteiger partial charge is 0.305 e. The predicted molar refractivity (Wildman–Crippen MR) is 92.3 cm³/mol. The van der Waals surface area contributed by atoms with E-state index in [2.05, 4.69) is 10.3 Å². The number of carbonyl (C=O) groups excluding carboxylic acids is 1. The topological polar surface area (TPSA) is 91.4 Å². The number of carbonyl (C=O) groups is 2. The Labute approximate surface area is 141 Å². The summed E-state index contributed by atoms with van der Waals surface area (Å²) < 4.78 is 5.23. The first-order valence-electron chi connectivity index (χ1n) is 8.10. The molecule has 0 atom stereocenters. The molecule has 0 aliphatic carbocycles. The molecular weight excluding hydrogens is 308 g/mol. The highest BCUT2D eigenvalue weighted by Gasteiger charge is 2.31. The number of carboxylic acids is 1. The first-order chi connectivity index (χ1) is 11.4. The third-order valence-corrected chi connectivity index (χ3v) is 4.57. The second kappa shape index (κ2) is 7.38. The molecule has 24 heavy (non-hydrogen) atoms. The van der Waals surface area contributed by atoms with Crippen LogP contribution in [0.2, 0.25) is 0 Å². The molecule has 1 aromatic heterocycles. The Morgan fingerprint density at radius 2 is 2.00 bits per heavy atom. The Kier molecular flexibility index (Phi) is 5.49. The number of aromatic amines is 1. The summed E-state index contributed by atoms with van der Waals surface area (Å²) in [7, 11) is 1.60. The molecule has 6 nitrogen and oxygen atoms in total. The molecule has 1 aromatic carbocycles. The lowest BCUT2D eigenvalue weighted by Gasteiger charge is -2.31. The van der Waals surface area contributed by atoms with Gasteiger partial charge < -0.3 is 20.1 Å². The van der Waals surface area contributed by atoms with E-state index in [-0.39, 0.29) is 18.7 Å². The van der Waals surface area contributed by atoms with Gasteiger partial charge in [0.25, 0.3) is 0 Å². The van der Waals surface area contributed by atoms with Gasteiger partial charge in [-0.3, -0.25) is 9.59 Å². The van der Waals surface area contributed by atoms with E-state index in [1.54, 1.807) is 13.3 Å². The Bertz CT molecular complexity index is 732. The van der Waals surface area contributed by atoms with Gasteiger partial charge in [-0.2, -0.15) is 0 Å². The summed E-state index contributed by atoms with van der Waals surface area (Å²) in [5, 5.41) is 13.0. The highest BCUT2D eigenvalue weighted by Crippen LogP contribution is 2.25. The van der Waals surface area contributed by atoms with Gasteiger partial charge in [0.2, 0.25) is 5.91 Å². The van der Waals surface area contributed by atoms with Crippen LogP contribution in [-0.2, 0) is 16.0 Å². The van der Waals surface area contributed by atoms with Crippen molar-refractivity contribution in [1.82, 2.24) is 10.3 Å². The number of hydrogen-bond acceptors (Lipinski definition) is 3. The lowest BCUT2D eigenvalue weighted by atomic mass is 9.88. The average Bonchev–Trinajstić information content (AvgIpc) is 2.95. The molecule has 0 aliphatic heterocycles. The Balaban J connectivity index is 2.18. The molecule has 1 heterocycles. The minimum Gasteiger partial charge on any atom is -0.497 e. The standard InChI is InChI=1S/C18H24N2O4/c1-4-18(5-2,10-17(22)23)20-16(21)8-12-11-19-15-7-6-13(24-3)9-14(12)15/h6-7,9,11,19H,4-5,8,10H2,1-3H3,(H,20,21)(H,22,23). The van der Waals surface area contributed by atoms with Crippen molar-refractivity contribution in [3.05, 3.63) is 30.0 Å². The second-order valence-corrected chi connectivity index (χ2v) is 6.01. The van der Waals surface area contributed by atoms with Crippen LogP contribution in [0.4, 0.5) is 0 Å². The fraction of sp³-hybridized carbons (Fsp3) is 0.444. The number of hydrogen-bond donors (Lipinski definition) is 3. The molecule has 0 radical (unpaired) electrons. The van der Waals surface area contributed by atoms with Crippen molar-refractivity contribution < 1.29 is 19.4 Å². The summed E-state index contributed by atoms with van der Waals surface area (Å²) >= 11 is 0. The van der Waals surface area contributed by atoms with Gasteiger partial charge in [0, 0.05) is 22.6 Å². The van der Waals surface area contributed by atoms with Crippen molar-refractivity contribution >= 4 is 22.8 Å². The third kappa shape index (κ3) is 3.88. The summed E-state index contributed by atoms with van der Waals surface area (Å²) in [5.41, 5.74) is 1.09. The number of carboxylic acid groups (broad SMARTS) is 1. The number of fused-ring (bicyclic) bond motifs is 1. The Hall–Kier alpha value is -2.50. The van der Waals surface area contributed by atoms with Crippen molar-refractivity contribution in [2.24, 2.45) is 0 Å². The molecule has 0 saturated carbocycles. The molecule has 0 spiro atoms. The zero-order valence-corrected chi connectivity index (χ0v) is 14.3. The fourth-order valence-corrected chi connectivity index (χ4v) is 2.95. The summed E-state index contributed by atoms with van der Waals surface area (Å²) in [5.74, 6) is -0.356. The summed E-state index contributed by atoms with van der Waals surface area (Å²) in [6, 6.07) is 5.65. The highest BCUT2D eigenvalue weighted by atomic mass is 16.5. The number of amides is 1. The van der Waals surface area contributed by atoms with Crippen LogP contribution in [0.25, 0.3) is 10.9 Å². The number of H-pyrrole nitrogens is 1. The third-order valence-electron chi connectivity index (χ3n) is 4.57. The number of benzene rings is 1. The van der Waals surface area contributed by atoms with Gasteiger partial charge in [-0.05, 0) is 36.6 Å². The highest BCUT2D eigenvalue weighted by molar-refractivity contribution is 5.90. The van der Waals surface area contributed by atoms with Crippen LogP contribution in [0, 0.1) is 0 Å². The number of aromatic nitrogens is 1. The molecule has 6 heteroatoms. The zero-order valence-electron chi connectivity index (χ0n) is 14.3. The van der Waals surface area contributed by atoms with E-state index >= 15 is 0 Å². The quantitative estimate of drug-likeness (QED) is 0.693. The van der Waals surface area contributed by atoms with Crippen LogP contribution in [0.5, 0.6) is 5.75 Å². The van der Waals surface area contributed by atoms with Gasteiger partial charge in [0.05, 0.1) is 20.0 Å². The number of nitrogens with one attached hydrogen (secondary N) is 2. The normalized spacial score (nSPS) is 11.5. The Morgan fingerprint density at radius 3 is 2.58 bits per heavy atom. The maximum Gasteiger partial charge on any atom is 0.305 e. The van der Waals surface area contributed by atoms with Crippen molar-refractivity contribution in [2.75, 3.05) is 7.11 Å². The molecule has 0 unspecified atom stereocenters. The van der Waals surface area contributed by atoms with E-state index in [0.29, 0.717) is 12.8 Å². The molecule has 3 N–H and O–H groups in total. The number of aliphatic carboxylic acids is 1. The van der Waals surface area contributed by atoms with Gasteiger partial charge in [0.15, 0.2) is 0 Å². The van der Waals surface area contributed by atoms with E-state index in [1.807, 2.05) is 32.0 Å². The van der Waals surface area contributed by atoms with Gasteiger partial charge in [-0.15, -0.1) is 0 Å². The van der Waals surface area contributed by atoms with Crippen molar-refractivity contribution in [3.8, 4) is 5.75 Å². The number of methoxy groups -OCH3 is 1. The summed E-state index contributed by atoms with van der Waals surface area (Å²) in [6.45, 7) is 3.78. The van der Waals surface area contributed by atoms with Crippen LogP contribution < -0.4 is 10.1 Å². The summed E-state index contributed by atoms with van der Waals surface area (Å²) in [6.07, 6.45) is 3.06. The SMILES string of the molecule is CCC(CC)(CC(=O)O)NC(=O)Cc1c[nH]c2ccc(OC)cc12. The molecule has 0 bridgehead atoms. The maximum atomic E-state index is 12.5. The first-order valence-corrected chi connectivity index (χ1v) is 8.10. The predicted octanol–water partition coefficient (Wildman–Crippen LogP) is 2.87. The molecule has 2 aromatic rings. The minimum atomic E-state index is -0.907. The molecule has 130 valence electrons. The molecule has 0 fully saturated rings. The zero-order chi connectivity index (χ0) is 17.7. The van der Waals surface area contributed by atoms with Crippen molar-refractivity contribution in [1.29, 1.82) is 0 Å². The molecule has 0 saturated heterocycles. The van der Waals surface area contributed by atoms with E-state index in [9.17, 15) is 9.59 Å². The average molecular weight is 332 g/mol. The first kappa shape index (κ1) is 17.8. The van der Waals surface area contributed by atoms with Gasteiger partial charge in [-0.1, -0.05) is 13.8 Å². The maximum absolute atomic E-state index is 12.5. The molecule has 2 rings (SSSR count). The van der Waals surface area contributed by atoms with E-state index < -0.39 is 11.5 Å². The largest absolute Gasteiger partial charge is 0.497 e. The van der Waals surface area contributed by atoms with Crippen LogP contribution in [0.3, 0.4) is 0 Å². The molecule has 1 amide bonds. The van der Waals surface area contributed by atoms with Crippen LogP contribution in [0.1, 0.15) is 38.7 Å². The minimum absolute atomic E-state index is 0.0759. The lowest BCUT2D eigenvalue weighted by molar-refractivity contribution is -0.139. The summed E-state index contributed by atoms with van der Waals surface area (Å²) in [4.78, 5) is 26.7.